The molecule has 8 nitrogen and oxygen atoms in total. The number of nitrogens with zero attached hydrogens (tertiary/aromatic N) is 3. The van der Waals surface area contributed by atoms with Crippen LogP contribution in [-0.4, -0.2) is 37.5 Å². The fourth-order valence-electron chi connectivity index (χ4n) is 3.97. The highest BCUT2D eigenvalue weighted by Gasteiger charge is 2.36. The van der Waals surface area contributed by atoms with E-state index in [1.807, 2.05) is 28.8 Å². The molecule has 0 radical (unpaired) electrons. The summed E-state index contributed by atoms with van der Waals surface area (Å²) in [5.41, 5.74) is 2.11. The summed E-state index contributed by atoms with van der Waals surface area (Å²) in [5.74, 6) is 0.411. The van der Waals surface area contributed by atoms with E-state index in [4.69, 9.17) is 16.6 Å². The van der Waals surface area contributed by atoms with Crippen molar-refractivity contribution >= 4 is 24.0 Å². The quantitative estimate of drug-likeness (QED) is 0.615. The molecule has 0 saturated heterocycles. The van der Waals surface area contributed by atoms with Gasteiger partial charge in [0.2, 0.25) is 5.91 Å². The molecule has 1 atom stereocenters. The van der Waals surface area contributed by atoms with Crippen LogP contribution < -0.4 is 5.32 Å². The van der Waals surface area contributed by atoms with Crippen LogP contribution in [0, 0.1) is 4.77 Å². The van der Waals surface area contributed by atoms with Gasteiger partial charge in [0.15, 0.2) is 16.4 Å². The summed E-state index contributed by atoms with van der Waals surface area (Å²) in [5, 5.41) is 10.0. The number of carbonyl (C=O) groups excluding carboxylic acids is 2. The number of benzene rings is 1. The molecule has 0 spiro atoms. The van der Waals surface area contributed by atoms with Crippen molar-refractivity contribution in [1.29, 1.82) is 0 Å². The lowest BCUT2D eigenvalue weighted by Crippen LogP contribution is -2.52. The summed E-state index contributed by atoms with van der Waals surface area (Å²) in [6, 6.07) is 10.9. The fourth-order valence-corrected chi connectivity index (χ4v) is 4.27. The van der Waals surface area contributed by atoms with Crippen LogP contribution in [0.2, 0.25) is 0 Å². The van der Waals surface area contributed by atoms with Gasteiger partial charge >= 0.3 is 0 Å². The maximum Gasteiger partial charge on any atom is 0.290 e. The normalized spacial score (nSPS) is 18.1. The van der Waals surface area contributed by atoms with Crippen molar-refractivity contribution in [3.05, 3.63) is 70.1 Å². The van der Waals surface area contributed by atoms with Crippen LogP contribution in [0.3, 0.4) is 0 Å². The maximum absolute atomic E-state index is 13.2. The number of rotatable bonds is 5. The van der Waals surface area contributed by atoms with Crippen LogP contribution in [0.15, 0.2) is 47.1 Å². The minimum atomic E-state index is -0.631. The highest BCUT2D eigenvalue weighted by atomic mass is 32.1. The van der Waals surface area contributed by atoms with Crippen LogP contribution in [0.4, 0.5) is 0 Å². The molecule has 9 heteroatoms. The van der Waals surface area contributed by atoms with E-state index in [-0.39, 0.29) is 24.1 Å². The molecule has 1 saturated carbocycles. The Bertz CT molecular complexity index is 1150. The van der Waals surface area contributed by atoms with Gasteiger partial charge in [-0.2, -0.15) is 5.10 Å². The predicted molar refractivity (Wildman–Crippen MR) is 110 cm³/mol. The first-order valence-electron chi connectivity index (χ1n) is 9.96. The molecule has 2 aromatic heterocycles. The second-order valence-electron chi connectivity index (χ2n) is 7.66. The number of amides is 2. The molecule has 5 rings (SSSR count). The Morgan fingerprint density at radius 1 is 1.20 bits per heavy atom. The number of carbonyl (C=O) groups is 2. The molecule has 2 N–H and O–H groups in total. The van der Waals surface area contributed by atoms with E-state index in [2.05, 4.69) is 15.5 Å². The SMILES string of the molecule is O=C(NCc1n[nH]c(=S)n1C1CC1)C1Cc2ccccc2CN1C(=O)c1ccco1. The highest BCUT2D eigenvalue weighted by molar-refractivity contribution is 7.71. The molecule has 3 heterocycles. The zero-order valence-electron chi connectivity index (χ0n) is 16.2. The van der Waals surface area contributed by atoms with Crippen molar-refractivity contribution in [1.82, 2.24) is 25.0 Å². The predicted octanol–water partition coefficient (Wildman–Crippen LogP) is 2.75. The third-order valence-electron chi connectivity index (χ3n) is 5.65. The number of hydrogen-bond donors (Lipinski definition) is 2. The Morgan fingerprint density at radius 2 is 2.00 bits per heavy atom. The van der Waals surface area contributed by atoms with Crippen LogP contribution in [0.5, 0.6) is 0 Å². The Kier molecular flexibility index (Phi) is 4.74. The Hall–Kier alpha value is -3.20. The summed E-state index contributed by atoms with van der Waals surface area (Å²) < 4.78 is 7.84. The lowest BCUT2D eigenvalue weighted by Gasteiger charge is -2.35. The maximum atomic E-state index is 13.2. The van der Waals surface area contributed by atoms with Gasteiger partial charge in [-0.1, -0.05) is 24.3 Å². The number of furan rings is 1. The second kappa shape index (κ2) is 7.56. The van der Waals surface area contributed by atoms with Gasteiger partial charge in [0.25, 0.3) is 5.91 Å². The third-order valence-corrected chi connectivity index (χ3v) is 5.94. The molecule has 0 bridgehead atoms. The molecule has 154 valence electrons. The van der Waals surface area contributed by atoms with Gasteiger partial charge < -0.3 is 14.6 Å². The Balaban J connectivity index is 1.38. The molecule has 1 fully saturated rings. The van der Waals surface area contributed by atoms with E-state index in [1.54, 1.807) is 17.0 Å². The van der Waals surface area contributed by atoms with Gasteiger partial charge in [-0.25, -0.2) is 0 Å². The Labute approximate surface area is 177 Å². The molecule has 1 unspecified atom stereocenters. The van der Waals surface area contributed by atoms with Crippen molar-refractivity contribution in [2.24, 2.45) is 0 Å². The minimum absolute atomic E-state index is 0.222. The van der Waals surface area contributed by atoms with Crippen molar-refractivity contribution < 1.29 is 14.0 Å². The van der Waals surface area contributed by atoms with Crippen LogP contribution in [0.25, 0.3) is 0 Å². The van der Waals surface area contributed by atoms with E-state index >= 15 is 0 Å². The van der Waals surface area contributed by atoms with Crippen molar-refractivity contribution in [2.45, 2.75) is 44.4 Å². The standard InChI is InChI=1S/C21H21N5O3S/c27-19(22-11-18-23-24-21(30)26(18)15-7-8-15)16-10-13-4-1-2-5-14(13)12-25(16)20(28)17-6-3-9-29-17/h1-6,9,15-16H,7-8,10-12H2,(H,22,27)(H,24,30). The van der Waals surface area contributed by atoms with E-state index in [0.29, 0.717) is 29.6 Å². The number of hydrogen-bond acceptors (Lipinski definition) is 5. The van der Waals surface area contributed by atoms with Crippen LogP contribution in [0.1, 0.15) is 46.4 Å². The third kappa shape index (κ3) is 3.45. The number of H-pyrrole nitrogens is 1. The Morgan fingerprint density at radius 3 is 2.73 bits per heavy atom. The smallest absolute Gasteiger partial charge is 0.290 e. The topological polar surface area (TPSA) is 96.2 Å². The van der Waals surface area contributed by atoms with E-state index in [1.165, 1.54) is 6.26 Å². The lowest BCUT2D eigenvalue weighted by molar-refractivity contribution is -0.126. The zero-order valence-corrected chi connectivity index (χ0v) is 17.0. The summed E-state index contributed by atoms with van der Waals surface area (Å²) >= 11 is 5.31. The molecule has 30 heavy (non-hydrogen) atoms. The lowest BCUT2D eigenvalue weighted by atomic mass is 9.93. The second-order valence-corrected chi connectivity index (χ2v) is 8.05. The highest BCUT2D eigenvalue weighted by Crippen LogP contribution is 2.35. The average Bonchev–Trinajstić information content (AvgIpc) is 3.30. The largest absolute Gasteiger partial charge is 0.459 e. The number of aromatic nitrogens is 3. The molecule has 1 aliphatic heterocycles. The van der Waals surface area contributed by atoms with Gasteiger partial charge in [-0.05, 0) is 48.3 Å². The monoisotopic (exact) mass is 423 g/mol. The van der Waals surface area contributed by atoms with Crippen molar-refractivity contribution in [3.63, 3.8) is 0 Å². The first-order chi connectivity index (χ1) is 14.6. The van der Waals surface area contributed by atoms with Gasteiger partial charge in [0.1, 0.15) is 6.04 Å². The van der Waals surface area contributed by atoms with Crippen LogP contribution >= 0.6 is 12.2 Å². The fraction of sp³-hybridized carbons (Fsp3) is 0.333. The number of aromatic amines is 1. The van der Waals surface area contributed by atoms with Crippen molar-refractivity contribution in [2.75, 3.05) is 0 Å². The summed E-state index contributed by atoms with van der Waals surface area (Å²) in [4.78, 5) is 27.8. The van der Waals surface area contributed by atoms with Gasteiger partial charge in [-0.3, -0.25) is 19.3 Å². The van der Waals surface area contributed by atoms with Crippen LogP contribution in [-0.2, 0) is 24.3 Å². The summed E-state index contributed by atoms with van der Waals surface area (Å²) in [6.07, 6.45) is 4.05. The summed E-state index contributed by atoms with van der Waals surface area (Å²) in [7, 11) is 0. The van der Waals surface area contributed by atoms with E-state index in [9.17, 15) is 9.59 Å². The molecular weight excluding hydrogens is 402 g/mol. The molecule has 2 amide bonds. The molecule has 1 aliphatic carbocycles. The molecule has 1 aromatic carbocycles. The van der Waals surface area contributed by atoms with Gasteiger partial charge in [-0.15, -0.1) is 0 Å². The first kappa shape index (κ1) is 18.8. The molecular formula is C21H21N5O3S. The van der Waals surface area contributed by atoms with E-state index in [0.717, 1.165) is 24.0 Å². The summed E-state index contributed by atoms with van der Waals surface area (Å²) in [6.45, 7) is 0.609. The zero-order chi connectivity index (χ0) is 20.7. The first-order valence-corrected chi connectivity index (χ1v) is 10.4. The average molecular weight is 423 g/mol. The molecule has 2 aliphatic rings. The minimum Gasteiger partial charge on any atom is -0.459 e. The molecule has 3 aromatic rings. The number of nitrogens with one attached hydrogen (secondary N) is 2. The van der Waals surface area contributed by atoms with Gasteiger partial charge in [0.05, 0.1) is 12.8 Å². The van der Waals surface area contributed by atoms with E-state index < -0.39 is 6.04 Å². The number of fused-ring (bicyclic) bond motifs is 1. The van der Waals surface area contributed by atoms with Crippen molar-refractivity contribution in [3.8, 4) is 0 Å². The van der Waals surface area contributed by atoms with Gasteiger partial charge in [0, 0.05) is 19.0 Å².